The maximum atomic E-state index is 6.18. The molecule has 0 saturated carbocycles. The van der Waals surface area contributed by atoms with Gasteiger partial charge in [0.2, 0.25) is 5.88 Å². The van der Waals surface area contributed by atoms with Gasteiger partial charge in [-0.15, -0.1) is 0 Å². The highest BCUT2D eigenvalue weighted by Crippen LogP contribution is 2.35. The number of hydrogen-bond donors (Lipinski definition) is 1. The number of aromatic nitrogens is 2. The first-order valence-corrected chi connectivity index (χ1v) is 7.40. The van der Waals surface area contributed by atoms with Crippen LogP contribution in [0.1, 0.15) is 26.7 Å². The van der Waals surface area contributed by atoms with E-state index in [2.05, 4.69) is 14.9 Å². The number of rotatable bonds is 3. The van der Waals surface area contributed by atoms with E-state index in [4.69, 9.17) is 19.9 Å². The molecule has 7 heteroatoms. The molecule has 0 aliphatic carbocycles. The van der Waals surface area contributed by atoms with E-state index in [0.717, 1.165) is 19.4 Å². The maximum Gasteiger partial charge on any atom is 0.242 e. The first-order chi connectivity index (χ1) is 10.1. The molecule has 2 aliphatic heterocycles. The Kier molecular flexibility index (Phi) is 3.86. The lowest BCUT2D eigenvalue weighted by Gasteiger charge is -2.39. The Labute approximate surface area is 124 Å². The van der Waals surface area contributed by atoms with Crippen molar-refractivity contribution < 1.29 is 14.2 Å². The van der Waals surface area contributed by atoms with E-state index in [1.54, 1.807) is 0 Å². The topological polar surface area (TPSA) is 82.7 Å². The van der Waals surface area contributed by atoms with Gasteiger partial charge in [-0.25, -0.2) is 4.98 Å². The number of nitrogen functional groups attached to an aromatic ring is 1. The van der Waals surface area contributed by atoms with Crippen molar-refractivity contribution in [3.63, 3.8) is 0 Å². The van der Waals surface area contributed by atoms with Crippen molar-refractivity contribution in [2.24, 2.45) is 0 Å². The van der Waals surface area contributed by atoms with E-state index in [1.807, 2.05) is 13.8 Å². The average molecular weight is 294 g/mol. The fraction of sp³-hybridized carbons (Fsp3) is 0.714. The third-order valence-electron chi connectivity index (χ3n) is 3.70. The van der Waals surface area contributed by atoms with E-state index < -0.39 is 5.79 Å². The molecule has 0 atom stereocenters. The molecule has 2 N–H and O–H groups in total. The van der Waals surface area contributed by atoms with Gasteiger partial charge < -0.3 is 24.8 Å². The molecule has 1 aromatic rings. The fourth-order valence-corrected chi connectivity index (χ4v) is 2.84. The van der Waals surface area contributed by atoms with Crippen LogP contribution in [0.25, 0.3) is 0 Å². The Hall–Kier alpha value is -1.60. The van der Waals surface area contributed by atoms with Crippen LogP contribution < -0.4 is 15.4 Å². The first-order valence-electron chi connectivity index (χ1n) is 7.40. The van der Waals surface area contributed by atoms with Gasteiger partial charge in [0, 0.05) is 13.0 Å². The highest BCUT2D eigenvalue weighted by molar-refractivity contribution is 5.68. The zero-order chi connectivity index (χ0) is 14.9. The van der Waals surface area contributed by atoms with Crippen LogP contribution in [0.5, 0.6) is 5.88 Å². The first kappa shape index (κ1) is 14.3. The second-order valence-electron chi connectivity index (χ2n) is 5.72. The smallest absolute Gasteiger partial charge is 0.242 e. The molecule has 21 heavy (non-hydrogen) atoms. The Morgan fingerprint density at radius 1 is 1.33 bits per heavy atom. The molecule has 7 nitrogen and oxygen atoms in total. The number of anilines is 2. The number of nitrogens with two attached hydrogens (primary N) is 1. The summed E-state index contributed by atoms with van der Waals surface area (Å²) < 4.78 is 17.2. The molecule has 0 bridgehead atoms. The SMILES string of the molecule is CC(C)Oc1ncnc(N2CCCC3(C2)OCCO3)c1N. The highest BCUT2D eigenvalue weighted by atomic mass is 16.7. The molecule has 0 radical (unpaired) electrons. The Morgan fingerprint density at radius 3 is 2.81 bits per heavy atom. The van der Waals surface area contributed by atoms with Gasteiger partial charge in [0.15, 0.2) is 11.6 Å². The van der Waals surface area contributed by atoms with Crippen LogP contribution in [-0.4, -0.2) is 48.2 Å². The summed E-state index contributed by atoms with van der Waals surface area (Å²) in [5.41, 5.74) is 6.65. The van der Waals surface area contributed by atoms with Gasteiger partial charge in [-0.1, -0.05) is 0 Å². The summed E-state index contributed by atoms with van der Waals surface area (Å²) in [6, 6.07) is 0. The van der Waals surface area contributed by atoms with Gasteiger partial charge in [-0.2, -0.15) is 4.98 Å². The summed E-state index contributed by atoms with van der Waals surface area (Å²) in [5.74, 6) is 0.621. The minimum atomic E-state index is -0.505. The zero-order valence-electron chi connectivity index (χ0n) is 12.5. The molecular formula is C14H22N4O3. The summed E-state index contributed by atoms with van der Waals surface area (Å²) in [6.45, 7) is 6.68. The molecule has 2 aliphatic rings. The molecule has 1 spiro atoms. The quantitative estimate of drug-likeness (QED) is 0.896. The molecule has 3 rings (SSSR count). The van der Waals surface area contributed by atoms with Crippen molar-refractivity contribution >= 4 is 11.5 Å². The Bertz CT molecular complexity index is 503. The van der Waals surface area contributed by atoms with Gasteiger partial charge in [0.05, 0.1) is 25.9 Å². The van der Waals surface area contributed by atoms with E-state index in [-0.39, 0.29) is 6.10 Å². The van der Waals surface area contributed by atoms with Crippen molar-refractivity contribution in [2.75, 3.05) is 36.9 Å². The molecule has 0 aromatic carbocycles. The third-order valence-corrected chi connectivity index (χ3v) is 3.70. The van der Waals surface area contributed by atoms with Gasteiger partial charge in [0.1, 0.15) is 12.0 Å². The standard InChI is InChI=1S/C14H22N4O3/c1-10(2)21-13-11(15)12(16-9-17-13)18-5-3-4-14(8-18)19-6-7-20-14/h9-10H,3-8,15H2,1-2H3. The molecule has 2 saturated heterocycles. The number of hydrogen-bond acceptors (Lipinski definition) is 7. The summed E-state index contributed by atoms with van der Waals surface area (Å²) in [5, 5.41) is 0. The number of nitrogens with zero attached hydrogens (tertiary/aromatic N) is 3. The van der Waals surface area contributed by atoms with Gasteiger partial charge >= 0.3 is 0 Å². The zero-order valence-corrected chi connectivity index (χ0v) is 12.5. The average Bonchev–Trinajstić information content (AvgIpc) is 2.88. The largest absolute Gasteiger partial charge is 0.473 e. The van der Waals surface area contributed by atoms with E-state index in [1.165, 1.54) is 6.33 Å². The van der Waals surface area contributed by atoms with Crippen molar-refractivity contribution in [1.82, 2.24) is 9.97 Å². The fourth-order valence-electron chi connectivity index (χ4n) is 2.84. The minimum Gasteiger partial charge on any atom is -0.473 e. The predicted octanol–water partition coefficient (Wildman–Crippen LogP) is 1.19. The summed E-state index contributed by atoms with van der Waals surface area (Å²) in [4.78, 5) is 10.5. The Balaban J connectivity index is 1.82. The van der Waals surface area contributed by atoms with Crippen LogP contribution in [0.4, 0.5) is 11.5 Å². The van der Waals surface area contributed by atoms with Gasteiger partial charge in [-0.05, 0) is 20.3 Å². The van der Waals surface area contributed by atoms with E-state index in [0.29, 0.717) is 37.1 Å². The van der Waals surface area contributed by atoms with E-state index >= 15 is 0 Å². The van der Waals surface area contributed by atoms with Crippen LogP contribution in [0.2, 0.25) is 0 Å². The van der Waals surface area contributed by atoms with Crippen LogP contribution >= 0.6 is 0 Å². The molecule has 0 unspecified atom stereocenters. The lowest BCUT2D eigenvalue weighted by molar-refractivity contribution is -0.161. The lowest BCUT2D eigenvalue weighted by atomic mass is 10.0. The normalized spacial score (nSPS) is 21.2. The van der Waals surface area contributed by atoms with Gasteiger partial charge in [0.25, 0.3) is 0 Å². The Morgan fingerprint density at radius 2 is 2.10 bits per heavy atom. The van der Waals surface area contributed by atoms with Crippen molar-refractivity contribution in [2.45, 2.75) is 38.6 Å². The number of ether oxygens (including phenoxy) is 3. The van der Waals surface area contributed by atoms with Crippen molar-refractivity contribution in [3.05, 3.63) is 6.33 Å². The second kappa shape index (κ2) is 5.65. The van der Waals surface area contributed by atoms with Crippen LogP contribution in [0.3, 0.4) is 0 Å². The van der Waals surface area contributed by atoms with Crippen LogP contribution in [-0.2, 0) is 9.47 Å². The molecule has 0 amide bonds. The predicted molar refractivity (Wildman–Crippen MR) is 78.3 cm³/mol. The van der Waals surface area contributed by atoms with Crippen molar-refractivity contribution in [3.8, 4) is 5.88 Å². The second-order valence-corrected chi connectivity index (χ2v) is 5.72. The lowest BCUT2D eigenvalue weighted by Crippen LogP contribution is -2.49. The molecule has 1 aromatic heterocycles. The highest BCUT2D eigenvalue weighted by Gasteiger charge is 2.41. The minimum absolute atomic E-state index is 0.0178. The van der Waals surface area contributed by atoms with Gasteiger partial charge in [-0.3, -0.25) is 0 Å². The number of piperidine rings is 1. The van der Waals surface area contributed by atoms with E-state index in [9.17, 15) is 0 Å². The van der Waals surface area contributed by atoms with Crippen LogP contribution in [0.15, 0.2) is 6.33 Å². The third kappa shape index (κ3) is 2.89. The summed E-state index contributed by atoms with van der Waals surface area (Å²) in [6.07, 6.45) is 3.39. The monoisotopic (exact) mass is 294 g/mol. The summed E-state index contributed by atoms with van der Waals surface area (Å²) >= 11 is 0. The maximum absolute atomic E-state index is 6.18. The molecule has 2 fully saturated rings. The van der Waals surface area contributed by atoms with Crippen molar-refractivity contribution in [1.29, 1.82) is 0 Å². The molecule has 3 heterocycles. The summed E-state index contributed by atoms with van der Waals surface area (Å²) in [7, 11) is 0. The van der Waals surface area contributed by atoms with Crippen LogP contribution in [0, 0.1) is 0 Å². The molecular weight excluding hydrogens is 272 g/mol. The molecule has 116 valence electrons.